The molecule has 1 heterocycles. The first-order valence-corrected chi connectivity index (χ1v) is 6.68. The van der Waals surface area contributed by atoms with E-state index in [9.17, 15) is 4.79 Å². The van der Waals surface area contributed by atoms with Crippen molar-refractivity contribution in [1.82, 2.24) is 0 Å². The standard InChI is InChI=1S/C15H22N2O/c1-10(2)13(16)15(18)17-9-5-8-12-7-4-6-11(3)14(12)17/h4,6-7,10,13H,5,8-9,16H2,1-3H3/t13-/m0/s1. The molecule has 1 amide bonds. The van der Waals surface area contributed by atoms with E-state index in [1.807, 2.05) is 18.7 Å². The zero-order valence-electron chi connectivity index (χ0n) is 11.4. The van der Waals surface area contributed by atoms with Crippen LogP contribution in [0.5, 0.6) is 0 Å². The lowest BCUT2D eigenvalue weighted by molar-refractivity contribution is -0.120. The maximum absolute atomic E-state index is 12.5. The Hall–Kier alpha value is -1.35. The lowest BCUT2D eigenvalue weighted by atomic mass is 9.96. The number of hydrogen-bond acceptors (Lipinski definition) is 2. The normalized spacial score (nSPS) is 16.6. The van der Waals surface area contributed by atoms with Crippen molar-refractivity contribution >= 4 is 11.6 Å². The second-order valence-electron chi connectivity index (χ2n) is 5.45. The van der Waals surface area contributed by atoms with Gasteiger partial charge in [0.25, 0.3) is 0 Å². The van der Waals surface area contributed by atoms with Crippen molar-refractivity contribution in [2.75, 3.05) is 11.4 Å². The van der Waals surface area contributed by atoms with Crippen molar-refractivity contribution in [2.24, 2.45) is 11.7 Å². The number of amides is 1. The van der Waals surface area contributed by atoms with Gasteiger partial charge in [0.15, 0.2) is 0 Å². The van der Waals surface area contributed by atoms with Crippen LogP contribution in [0.4, 0.5) is 5.69 Å². The molecule has 1 aromatic carbocycles. The Morgan fingerprint density at radius 1 is 1.39 bits per heavy atom. The maximum Gasteiger partial charge on any atom is 0.244 e. The van der Waals surface area contributed by atoms with E-state index in [2.05, 4.69) is 25.1 Å². The van der Waals surface area contributed by atoms with E-state index in [1.54, 1.807) is 0 Å². The third-order valence-electron chi connectivity index (χ3n) is 3.69. The minimum Gasteiger partial charge on any atom is -0.320 e. The Kier molecular flexibility index (Phi) is 3.71. The van der Waals surface area contributed by atoms with E-state index < -0.39 is 6.04 Å². The van der Waals surface area contributed by atoms with Gasteiger partial charge < -0.3 is 10.6 Å². The average molecular weight is 246 g/mol. The van der Waals surface area contributed by atoms with Crippen LogP contribution in [0.2, 0.25) is 0 Å². The van der Waals surface area contributed by atoms with Gasteiger partial charge >= 0.3 is 0 Å². The number of anilines is 1. The Bertz CT molecular complexity index is 454. The molecule has 18 heavy (non-hydrogen) atoms. The van der Waals surface area contributed by atoms with E-state index in [1.165, 1.54) is 5.56 Å². The van der Waals surface area contributed by atoms with E-state index in [-0.39, 0.29) is 11.8 Å². The number of aryl methyl sites for hydroxylation is 2. The second-order valence-corrected chi connectivity index (χ2v) is 5.45. The van der Waals surface area contributed by atoms with Crippen molar-refractivity contribution in [3.8, 4) is 0 Å². The largest absolute Gasteiger partial charge is 0.320 e. The summed E-state index contributed by atoms with van der Waals surface area (Å²) < 4.78 is 0. The number of rotatable bonds is 2. The van der Waals surface area contributed by atoms with E-state index in [0.29, 0.717) is 0 Å². The number of hydrogen-bond donors (Lipinski definition) is 1. The molecule has 1 atom stereocenters. The van der Waals surface area contributed by atoms with E-state index in [4.69, 9.17) is 5.73 Å². The number of nitrogens with zero attached hydrogens (tertiary/aromatic N) is 1. The Balaban J connectivity index is 2.36. The van der Waals surface area contributed by atoms with Gasteiger partial charge in [-0.05, 0) is 36.8 Å². The van der Waals surface area contributed by atoms with Crippen molar-refractivity contribution in [1.29, 1.82) is 0 Å². The molecule has 0 saturated heterocycles. The van der Waals surface area contributed by atoms with Crippen LogP contribution in [-0.2, 0) is 11.2 Å². The first-order valence-electron chi connectivity index (χ1n) is 6.68. The third kappa shape index (κ3) is 2.27. The van der Waals surface area contributed by atoms with Crippen LogP contribution in [-0.4, -0.2) is 18.5 Å². The van der Waals surface area contributed by atoms with Crippen molar-refractivity contribution in [3.63, 3.8) is 0 Å². The van der Waals surface area contributed by atoms with E-state index in [0.717, 1.165) is 30.6 Å². The number of nitrogens with two attached hydrogens (primary N) is 1. The van der Waals surface area contributed by atoms with Crippen LogP contribution >= 0.6 is 0 Å². The fourth-order valence-electron chi connectivity index (χ4n) is 2.53. The minimum atomic E-state index is -0.407. The van der Waals surface area contributed by atoms with Crippen molar-refractivity contribution in [3.05, 3.63) is 29.3 Å². The molecule has 1 aliphatic rings. The van der Waals surface area contributed by atoms with E-state index >= 15 is 0 Å². The summed E-state index contributed by atoms with van der Waals surface area (Å²) in [7, 11) is 0. The summed E-state index contributed by atoms with van der Waals surface area (Å²) in [6.45, 7) is 6.83. The first-order chi connectivity index (χ1) is 8.52. The highest BCUT2D eigenvalue weighted by molar-refractivity contribution is 5.98. The quantitative estimate of drug-likeness (QED) is 0.870. The van der Waals surface area contributed by atoms with Gasteiger partial charge in [-0.25, -0.2) is 0 Å². The molecule has 0 saturated carbocycles. The minimum absolute atomic E-state index is 0.0558. The SMILES string of the molecule is Cc1cccc2c1N(C(=O)[C@@H](N)C(C)C)CCC2. The number of para-hydroxylation sites is 1. The molecular formula is C15H22N2O. The first kappa shape index (κ1) is 13.1. The number of carbonyl (C=O) groups excluding carboxylic acids is 1. The molecule has 3 heteroatoms. The van der Waals surface area contributed by atoms with Gasteiger partial charge in [-0.3, -0.25) is 4.79 Å². The molecule has 0 spiro atoms. The average Bonchev–Trinajstić information content (AvgIpc) is 2.36. The van der Waals surface area contributed by atoms with Crippen molar-refractivity contribution in [2.45, 2.75) is 39.7 Å². The third-order valence-corrected chi connectivity index (χ3v) is 3.69. The van der Waals surface area contributed by atoms with Gasteiger partial charge in [-0.1, -0.05) is 32.0 Å². The molecule has 0 radical (unpaired) electrons. The predicted octanol–water partition coefficient (Wildman–Crippen LogP) is 2.26. The van der Waals surface area contributed by atoms with Crippen LogP contribution < -0.4 is 10.6 Å². The molecule has 3 nitrogen and oxygen atoms in total. The van der Waals surface area contributed by atoms with Gasteiger partial charge in [-0.15, -0.1) is 0 Å². The monoisotopic (exact) mass is 246 g/mol. The van der Waals surface area contributed by atoms with Crippen LogP contribution in [0, 0.1) is 12.8 Å². The van der Waals surface area contributed by atoms with Crippen LogP contribution in [0.3, 0.4) is 0 Å². The molecule has 1 aromatic rings. The fraction of sp³-hybridized carbons (Fsp3) is 0.533. The Morgan fingerprint density at radius 2 is 2.11 bits per heavy atom. The van der Waals surface area contributed by atoms with Crippen LogP contribution in [0.1, 0.15) is 31.4 Å². The maximum atomic E-state index is 12.5. The molecule has 1 aliphatic heterocycles. The molecular weight excluding hydrogens is 224 g/mol. The summed E-state index contributed by atoms with van der Waals surface area (Å²) in [5, 5.41) is 0. The molecule has 0 bridgehead atoms. The van der Waals surface area contributed by atoms with Gasteiger partial charge in [0.05, 0.1) is 6.04 Å². The number of carbonyl (C=O) groups is 1. The van der Waals surface area contributed by atoms with Gasteiger partial charge in [0.1, 0.15) is 0 Å². The molecule has 0 fully saturated rings. The summed E-state index contributed by atoms with van der Waals surface area (Å²) >= 11 is 0. The molecule has 98 valence electrons. The van der Waals surface area contributed by atoms with Gasteiger partial charge in [0.2, 0.25) is 5.91 Å². The predicted molar refractivity (Wildman–Crippen MR) is 74.7 cm³/mol. The Labute approximate surface area is 109 Å². The number of benzene rings is 1. The summed E-state index contributed by atoms with van der Waals surface area (Å²) in [5.41, 5.74) is 9.53. The summed E-state index contributed by atoms with van der Waals surface area (Å²) in [4.78, 5) is 14.3. The zero-order chi connectivity index (χ0) is 13.3. The molecule has 2 N–H and O–H groups in total. The smallest absolute Gasteiger partial charge is 0.244 e. The lowest BCUT2D eigenvalue weighted by Gasteiger charge is -2.33. The lowest BCUT2D eigenvalue weighted by Crippen LogP contribution is -2.48. The Morgan fingerprint density at radius 3 is 2.78 bits per heavy atom. The molecule has 0 aliphatic carbocycles. The van der Waals surface area contributed by atoms with Crippen LogP contribution in [0.25, 0.3) is 0 Å². The zero-order valence-corrected chi connectivity index (χ0v) is 11.4. The summed E-state index contributed by atoms with van der Waals surface area (Å²) in [5.74, 6) is 0.229. The molecule has 0 aromatic heterocycles. The topological polar surface area (TPSA) is 46.3 Å². The number of fused-ring (bicyclic) bond motifs is 1. The highest BCUT2D eigenvalue weighted by Gasteiger charge is 2.28. The summed E-state index contributed by atoms with van der Waals surface area (Å²) in [6, 6.07) is 5.83. The molecule has 0 unspecified atom stereocenters. The highest BCUT2D eigenvalue weighted by atomic mass is 16.2. The fourth-order valence-corrected chi connectivity index (χ4v) is 2.53. The van der Waals surface area contributed by atoms with Gasteiger partial charge in [-0.2, -0.15) is 0 Å². The highest BCUT2D eigenvalue weighted by Crippen LogP contribution is 2.31. The van der Waals surface area contributed by atoms with Gasteiger partial charge in [0, 0.05) is 12.2 Å². The molecule has 2 rings (SSSR count). The second kappa shape index (κ2) is 5.11. The van der Waals surface area contributed by atoms with Crippen LogP contribution in [0.15, 0.2) is 18.2 Å². The van der Waals surface area contributed by atoms with Crippen molar-refractivity contribution < 1.29 is 4.79 Å². The summed E-state index contributed by atoms with van der Waals surface area (Å²) in [6.07, 6.45) is 2.07.